The van der Waals surface area contributed by atoms with Crippen LogP contribution in [-0.2, 0) is 11.3 Å². The van der Waals surface area contributed by atoms with Gasteiger partial charge in [0.2, 0.25) is 5.91 Å². The topological polar surface area (TPSA) is 77.0 Å². The van der Waals surface area contributed by atoms with Gasteiger partial charge < -0.3 is 20.6 Å². The van der Waals surface area contributed by atoms with Crippen LogP contribution in [-0.4, -0.2) is 54.2 Å². The molecular formula is C16H24N4O2. The minimum Gasteiger partial charge on any atom is -0.391 e. The number of hydrogen-bond donors (Lipinski definition) is 3. The molecule has 1 aromatic rings. The maximum Gasteiger partial charge on any atom is 0.242 e. The molecular weight excluding hydrogens is 280 g/mol. The number of carbonyl (C=O) groups is 1. The van der Waals surface area contributed by atoms with Crippen LogP contribution >= 0.6 is 0 Å². The van der Waals surface area contributed by atoms with E-state index in [-0.39, 0.29) is 18.6 Å². The summed E-state index contributed by atoms with van der Waals surface area (Å²) in [5.74, 6) is 0.577. The summed E-state index contributed by atoms with van der Waals surface area (Å²) in [6.07, 6.45) is 0.431. The molecule has 0 aromatic heterocycles. The lowest BCUT2D eigenvalue weighted by atomic mass is 10.2. The van der Waals surface area contributed by atoms with Gasteiger partial charge in [0.1, 0.15) is 6.54 Å². The number of carbonyl (C=O) groups excluding carboxylic acids is 1. The zero-order valence-electron chi connectivity index (χ0n) is 13.0. The van der Waals surface area contributed by atoms with Crippen LogP contribution in [0.15, 0.2) is 35.3 Å². The van der Waals surface area contributed by atoms with E-state index < -0.39 is 0 Å². The molecule has 1 aromatic carbocycles. The third-order valence-corrected chi connectivity index (χ3v) is 3.50. The highest BCUT2D eigenvalue weighted by Gasteiger charge is 2.22. The van der Waals surface area contributed by atoms with Crippen LogP contribution in [0.4, 0.5) is 0 Å². The van der Waals surface area contributed by atoms with E-state index in [1.807, 2.05) is 42.2 Å². The molecule has 1 aliphatic rings. The van der Waals surface area contributed by atoms with Gasteiger partial charge >= 0.3 is 0 Å². The number of likely N-dealkylation sites (tertiary alicyclic amines) is 1. The van der Waals surface area contributed by atoms with E-state index in [0.717, 1.165) is 25.1 Å². The molecule has 22 heavy (non-hydrogen) atoms. The molecule has 0 radical (unpaired) electrons. The lowest BCUT2D eigenvalue weighted by Crippen LogP contribution is -2.41. The lowest BCUT2D eigenvalue weighted by molar-refractivity contribution is -0.119. The third kappa shape index (κ3) is 5.04. The Morgan fingerprint density at radius 2 is 2.14 bits per heavy atom. The quantitative estimate of drug-likeness (QED) is 0.541. The predicted molar refractivity (Wildman–Crippen MR) is 86.5 cm³/mol. The van der Waals surface area contributed by atoms with Gasteiger partial charge in [0.05, 0.1) is 6.10 Å². The molecule has 0 spiro atoms. The Kier molecular flexibility index (Phi) is 6.21. The number of hydrogen-bond acceptors (Lipinski definition) is 3. The summed E-state index contributed by atoms with van der Waals surface area (Å²) in [5, 5.41) is 15.6. The Hall–Kier alpha value is -2.08. The molecule has 1 atom stereocenters. The van der Waals surface area contributed by atoms with Crippen molar-refractivity contribution in [2.24, 2.45) is 4.99 Å². The summed E-state index contributed by atoms with van der Waals surface area (Å²) in [4.78, 5) is 18.2. The average Bonchev–Trinajstić information content (AvgIpc) is 2.96. The number of rotatable bonds is 5. The van der Waals surface area contributed by atoms with Crippen LogP contribution in [0.25, 0.3) is 0 Å². The van der Waals surface area contributed by atoms with Crippen LogP contribution in [0.3, 0.4) is 0 Å². The van der Waals surface area contributed by atoms with Crippen molar-refractivity contribution in [2.75, 3.05) is 26.2 Å². The molecule has 3 N–H and O–H groups in total. The fraction of sp³-hybridized carbons (Fsp3) is 0.500. The number of nitrogens with one attached hydrogen (secondary N) is 2. The number of aliphatic imine (C=N–C) groups is 1. The second-order valence-corrected chi connectivity index (χ2v) is 5.32. The summed E-state index contributed by atoms with van der Waals surface area (Å²) >= 11 is 0. The largest absolute Gasteiger partial charge is 0.391 e. The molecule has 1 aliphatic heterocycles. The van der Waals surface area contributed by atoms with Crippen molar-refractivity contribution in [2.45, 2.75) is 26.0 Å². The van der Waals surface area contributed by atoms with Crippen LogP contribution < -0.4 is 10.6 Å². The number of β-amino-alcohol motifs (C(OH)–C–C–N with tert-alkyl or cyclic N) is 1. The van der Waals surface area contributed by atoms with Crippen molar-refractivity contribution >= 4 is 11.9 Å². The summed E-state index contributed by atoms with van der Waals surface area (Å²) in [5.41, 5.74) is 1.06. The monoisotopic (exact) mass is 304 g/mol. The molecule has 1 amide bonds. The highest BCUT2D eigenvalue weighted by Crippen LogP contribution is 2.08. The van der Waals surface area contributed by atoms with Gasteiger partial charge in [-0.25, -0.2) is 4.99 Å². The molecule has 0 bridgehead atoms. The fourth-order valence-electron chi connectivity index (χ4n) is 2.36. The van der Waals surface area contributed by atoms with Gasteiger partial charge in [0.25, 0.3) is 0 Å². The number of aliphatic hydroxyl groups excluding tert-OH is 1. The van der Waals surface area contributed by atoms with Crippen molar-refractivity contribution in [3.05, 3.63) is 35.9 Å². The average molecular weight is 304 g/mol. The molecule has 0 aliphatic carbocycles. The Balaban J connectivity index is 1.83. The molecule has 1 heterocycles. The van der Waals surface area contributed by atoms with E-state index in [2.05, 4.69) is 15.6 Å². The Morgan fingerprint density at radius 1 is 1.36 bits per heavy atom. The Bertz CT molecular complexity index is 504. The van der Waals surface area contributed by atoms with Crippen molar-refractivity contribution in [3.8, 4) is 0 Å². The minimum absolute atomic E-state index is 0.0851. The molecule has 1 fully saturated rings. The van der Waals surface area contributed by atoms with E-state index in [4.69, 9.17) is 0 Å². The van der Waals surface area contributed by atoms with Gasteiger partial charge in [-0.05, 0) is 18.9 Å². The molecule has 1 saturated heterocycles. The minimum atomic E-state index is -0.309. The standard InChI is InChI=1S/C16H24N4O2/c1-2-17-16(20-9-8-14(21)12-20)19-11-15(22)18-10-13-6-4-3-5-7-13/h3-7,14,21H,2,8-12H2,1H3,(H,17,19)(H,18,22)/t14-/m1/s1. The zero-order chi connectivity index (χ0) is 15.8. The Morgan fingerprint density at radius 3 is 2.77 bits per heavy atom. The van der Waals surface area contributed by atoms with E-state index in [1.54, 1.807) is 0 Å². The van der Waals surface area contributed by atoms with E-state index in [9.17, 15) is 9.90 Å². The highest BCUT2D eigenvalue weighted by molar-refractivity contribution is 5.85. The summed E-state index contributed by atoms with van der Waals surface area (Å²) in [7, 11) is 0. The molecule has 0 unspecified atom stereocenters. The Labute approximate surface area is 131 Å². The van der Waals surface area contributed by atoms with Gasteiger partial charge in [-0.3, -0.25) is 4.79 Å². The number of benzene rings is 1. The van der Waals surface area contributed by atoms with Crippen molar-refractivity contribution in [3.63, 3.8) is 0 Å². The number of amides is 1. The number of aliphatic hydroxyl groups is 1. The summed E-state index contributed by atoms with van der Waals surface area (Å²) < 4.78 is 0. The second-order valence-electron chi connectivity index (χ2n) is 5.32. The first-order chi connectivity index (χ1) is 10.7. The maximum atomic E-state index is 11.9. The SMILES string of the molecule is CCNC(=NCC(=O)NCc1ccccc1)N1CC[C@@H](O)C1. The first kappa shape index (κ1) is 16.3. The summed E-state index contributed by atoms with van der Waals surface area (Å²) in [6, 6.07) is 9.78. The fourth-order valence-corrected chi connectivity index (χ4v) is 2.36. The third-order valence-electron chi connectivity index (χ3n) is 3.50. The summed E-state index contributed by atoms with van der Waals surface area (Å²) in [6.45, 7) is 4.64. The molecule has 6 nitrogen and oxygen atoms in total. The second kappa shape index (κ2) is 8.38. The van der Waals surface area contributed by atoms with Crippen molar-refractivity contribution in [1.82, 2.24) is 15.5 Å². The molecule has 2 rings (SSSR count). The van der Waals surface area contributed by atoms with Gasteiger partial charge in [0, 0.05) is 26.2 Å². The molecule has 0 saturated carbocycles. The number of nitrogens with zero attached hydrogens (tertiary/aromatic N) is 2. The first-order valence-corrected chi connectivity index (χ1v) is 7.71. The van der Waals surface area contributed by atoms with Crippen LogP contribution in [0.2, 0.25) is 0 Å². The van der Waals surface area contributed by atoms with Crippen LogP contribution in [0.5, 0.6) is 0 Å². The van der Waals surface area contributed by atoms with E-state index in [1.165, 1.54) is 0 Å². The van der Waals surface area contributed by atoms with E-state index >= 15 is 0 Å². The van der Waals surface area contributed by atoms with Gasteiger partial charge in [-0.2, -0.15) is 0 Å². The van der Waals surface area contributed by atoms with Crippen molar-refractivity contribution in [1.29, 1.82) is 0 Å². The molecule has 120 valence electrons. The maximum absolute atomic E-state index is 11.9. The predicted octanol–water partition coefficient (Wildman–Crippen LogP) is 0.335. The number of guanidine groups is 1. The normalized spacial score (nSPS) is 18.4. The van der Waals surface area contributed by atoms with Crippen LogP contribution in [0, 0.1) is 0 Å². The highest BCUT2D eigenvalue weighted by atomic mass is 16.3. The smallest absolute Gasteiger partial charge is 0.242 e. The van der Waals surface area contributed by atoms with Crippen molar-refractivity contribution < 1.29 is 9.90 Å². The first-order valence-electron chi connectivity index (χ1n) is 7.71. The molecule has 6 heteroatoms. The van der Waals surface area contributed by atoms with Gasteiger partial charge in [0.15, 0.2) is 5.96 Å². The zero-order valence-corrected chi connectivity index (χ0v) is 13.0. The lowest BCUT2D eigenvalue weighted by Gasteiger charge is -2.20. The van der Waals surface area contributed by atoms with Crippen LogP contribution in [0.1, 0.15) is 18.9 Å². The van der Waals surface area contributed by atoms with E-state index in [0.29, 0.717) is 19.0 Å². The van der Waals surface area contributed by atoms with Gasteiger partial charge in [-0.1, -0.05) is 30.3 Å². The van der Waals surface area contributed by atoms with Gasteiger partial charge in [-0.15, -0.1) is 0 Å².